The second kappa shape index (κ2) is 4.55. The molecule has 0 spiro atoms. The smallest absolute Gasteiger partial charge is 0.263 e. The lowest BCUT2D eigenvalue weighted by atomic mass is 10.1. The van der Waals surface area contributed by atoms with E-state index in [4.69, 9.17) is 5.73 Å². The molecule has 0 radical (unpaired) electrons. The molecule has 3 nitrogen and oxygen atoms in total. The first-order chi connectivity index (χ1) is 7.20. The Bertz CT molecular complexity index is 364. The van der Waals surface area contributed by atoms with Crippen LogP contribution in [0.3, 0.4) is 0 Å². The van der Waals surface area contributed by atoms with Gasteiger partial charge in [0.1, 0.15) is 0 Å². The van der Waals surface area contributed by atoms with Crippen molar-refractivity contribution in [3.8, 4) is 0 Å². The van der Waals surface area contributed by atoms with Gasteiger partial charge in [-0.25, -0.2) is 0 Å². The van der Waals surface area contributed by atoms with Gasteiger partial charge in [-0.2, -0.15) is 0 Å². The molecule has 1 saturated heterocycles. The highest BCUT2D eigenvalue weighted by molar-refractivity contribution is 7.80. The number of carbonyl (C=O) groups is 1. The standard InChI is InChI=1S/C10H14N2OS2/c11-4-7-1-2-12(5-7)10(13)9-3-8(14)6-15-9/h3,6-7,14H,1-2,4-5,11H2. The van der Waals surface area contributed by atoms with E-state index in [0.29, 0.717) is 12.5 Å². The minimum Gasteiger partial charge on any atom is -0.338 e. The van der Waals surface area contributed by atoms with Gasteiger partial charge in [0.15, 0.2) is 0 Å². The molecule has 2 heterocycles. The first kappa shape index (κ1) is 11.0. The van der Waals surface area contributed by atoms with Crippen molar-refractivity contribution in [2.24, 2.45) is 11.7 Å². The van der Waals surface area contributed by atoms with Crippen LogP contribution in [0.15, 0.2) is 16.3 Å². The molecule has 15 heavy (non-hydrogen) atoms. The van der Waals surface area contributed by atoms with Gasteiger partial charge in [0.25, 0.3) is 5.91 Å². The summed E-state index contributed by atoms with van der Waals surface area (Å²) in [7, 11) is 0. The Balaban J connectivity index is 2.03. The quantitative estimate of drug-likeness (QED) is 0.771. The summed E-state index contributed by atoms with van der Waals surface area (Å²) >= 11 is 5.65. The van der Waals surface area contributed by atoms with Crippen LogP contribution in [-0.2, 0) is 0 Å². The number of amides is 1. The van der Waals surface area contributed by atoms with Crippen molar-refractivity contribution in [2.45, 2.75) is 11.3 Å². The molecule has 1 atom stereocenters. The third kappa shape index (κ3) is 2.35. The molecule has 2 rings (SSSR count). The van der Waals surface area contributed by atoms with E-state index in [1.165, 1.54) is 11.3 Å². The summed E-state index contributed by atoms with van der Waals surface area (Å²) in [5, 5.41) is 1.88. The molecule has 0 saturated carbocycles. The number of nitrogens with zero attached hydrogens (tertiary/aromatic N) is 1. The number of thiol groups is 1. The third-order valence-electron chi connectivity index (χ3n) is 2.70. The Labute approximate surface area is 98.7 Å². The molecular weight excluding hydrogens is 228 g/mol. The highest BCUT2D eigenvalue weighted by Crippen LogP contribution is 2.23. The van der Waals surface area contributed by atoms with Crippen LogP contribution in [0.25, 0.3) is 0 Å². The van der Waals surface area contributed by atoms with Crippen molar-refractivity contribution in [2.75, 3.05) is 19.6 Å². The lowest BCUT2D eigenvalue weighted by Gasteiger charge is -2.14. The number of hydrogen-bond acceptors (Lipinski definition) is 4. The van der Waals surface area contributed by atoms with E-state index >= 15 is 0 Å². The summed E-state index contributed by atoms with van der Waals surface area (Å²) in [5.41, 5.74) is 5.59. The SMILES string of the molecule is NCC1CCN(C(=O)c2cc(S)cs2)C1. The zero-order chi connectivity index (χ0) is 10.8. The maximum absolute atomic E-state index is 12.0. The number of rotatable bonds is 2. The average Bonchev–Trinajstić information content (AvgIpc) is 2.84. The van der Waals surface area contributed by atoms with Gasteiger partial charge in [0.05, 0.1) is 4.88 Å². The van der Waals surface area contributed by atoms with Crippen LogP contribution in [0.1, 0.15) is 16.1 Å². The van der Waals surface area contributed by atoms with Crippen LogP contribution in [0.4, 0.5) is 0 Å². The molecule has 82 valence electrons. The van der Waals surface area contributed by atoms with Crippen LogP contribution in [-0.4, -0.2) is 30.4 Å². The van der Waals surface area contributed by atoms with Gasteiger partial charge in [0.2, 0.25) is 0 Å². The summed E-state index contributed by atoms with van der Waals surface area (Å²) in [5.74, 6) is 0.598. The Morgan fingerprint density at radius 2 is 2.53 bits per heavy atom. The molecule has 0 aliphatic carbocycles. The molecule has 1 amide bonds. The highest BCUT2D eigenvalue weighted by Gasteiger charge is 2.26. The monoisotopic (exact) mass is 242 g/mol. The second-order valence-electron chi connectivity index (χ2n) is 3.81. The average molecular weight is 242 g/mol. The fraction of sp³-hybridized carbons (Fsp3) is 0.500. The number of nitrogens with two attached hydrogens (primary N) is 1. The fourth-order valence-corrected chi connectivity index (χ4v) is 2.92. The molecule has 5 heteroatoms. The number of hydrogen-bond donors (Lipinski definition) is 2. The van der Waals surface area contributed by atoms with E-state index in [0.717, 1.165) is 29.3 Å². The maximum Gasteiger partial charge on any atom is 0.263 e. The zero-order valence-electron chi connectivity index (χ0n) is 8.35. The molecular formula is C10H14N2OS2. The fourth-order valence-electron chi connectivity index (χ4n) is 1.80. The predicted octanol–water partition coefficient (Wildman–Crippen LogP) is 1.46. The molecule has 1 unspecified atom stereocenters. The van der Waals surface area contributed by atoms with Crippen molar-refractivity contribution < 1.29 is 4.79 Å². The number of carbonyl (C=O) groups excluding carboxylic acids is 1. The van der Waals surface area contributed by atoms with E-state index in [1.807, 2.05) is 16.3 Å². The maximum atomic E-state index is 12.0. The van der Waals surface area contributed by atoms with Crippen LogP contribution in [0, 0.1) is 5.92 Å². The van der Waals surface area contributed by atoms with Gasteiger partial charge in [-0.1, -0.05) is 0 Å². The summed E-state index contributed by atoms with van der Waals surface area (Å²) in [6.07, 6.45) is 1.03. The molecule has 2 N–H and O–H groups in total. The topological polar surface area (TPSA) is 46.3 Å². The van der Waals surface area contributed by atoms with Crippen molar-refractivity contribution in [3.63, 3.8) is 0 Å². The van der Waals surface area contributed by atoms with Crippen LogP contribution < -0.4 is 5.73 Å². The van der Waals surface area contributed by atoms with E-state index in [9.17, 15) is 4.79 Å². The minimum atomic E-state index is 0.122. The molecule has 1 aliphatic heterocycles. The molecule has 1 aromatic rings. The lowest BCUT2D eigenvalue weighted by Crippen LogP contribution is -2.29. The Morgan fingerprint density at radius 3 is 3.07 bits per heavy atom. The molecule has 1 aromatic heterocycles. The number of likely N-dealkylation sites (tertiary alicyclic amines) is 1. The van der Waals surface area contributed by atoms with Crippen LogP contribution in [0.5, 0.6) is 0 Å². The van der Waals surface area contributed by atoms with E-state index < -0.39 is 0 Å². The van der Waals surface area contributed by atoms with Gasteiger partial charge in [0, 0.05) is 23.4 Å². The molecule has 0 bridgehead atoms. The lowest BCUT2D eigenvalue weighted by molar-refractivity contribution is 0.0792. The van der Waals surface area contributed by atoms with Gasteiger partial charge in [-0.15, -0.1) is 24.0 Å². The van der Waals surface area contributed by atoms with Crippen LogP contribution in [0.2, 0.25) is 0 Å². The van der Waals surface area contributed by atoms with Crippen molar-refractivity contribution >= 4 is 29.9 Å². The summed E-state index contributed by atoms with van der Waals surface area (Å²) in [4.78, 5) is 15.5. The van der Waals surface area contributed by atoms with Crippen molar-refractivity contribution in [1.82, 2.24) is 4.90 Å². The summed E-state index contributed by atoms with van der Waals surface area (Å²) in [6, 6.07) is 1.83. The Morgan fingerprint density at radius 1 is 1.73 bits per heavy atom. The zero-order valence-corrected chi connectivity index (χ0v) is 10.1. The highest BCUT2D eigenvalue weighted by atomic mass is 32.1. The van der Waals surface area contributed by atoms with Gasteiger partial charge >= 0.3 is 0 Å². The third-order valence-corrected chi connectivity index (χ3v) is 4.05. The normalized spacial score (nSPS) is 20.9. The minimum absolute atomic E-state index is 0.122. The molecule has 1 fully saturated rings. The second-order valence-corrected chi connectivity index (χ2v) is 5.24. The summed E-state index contributed by atoms with van der Waals surface area (Å²) < 4.78 is 0. The van der Waals surface area contributed by atoms with Crippen LogP contribution >= 0.6 is 24.0 Å². The van der Waals surface area contributed by atoms with Gasteiger partial charge < -0.3 is 10.6 Å². The first-order valence-electron chi connectivity index (χ1n) is 4.97. The van der Waals surface area contributed by atoms with E-state index in [2.05, 4.69) is 12.6 Å². The Kier molecular flexibility index (Phi) is 3.33. The Hall–Kier alpha value is -0.520. The van der Waals surface area contributed by atoms with E-state index in [-0.39, 0.29) is 5.91 Å². The first-order valence-corrected chi connectivity index (χ1v) is 6.30. The largest absolute Gasteiger partial charge is 0.338 e. The molecule has 0 aromatic carbocycles. The van der Waals surface area contributed by atoms with E-state index in [1.54, 1.807) is 0 Å². The summed E-state index contributed by atoms with van der Waals surface area (Å²) in [6.45, 7) is 2.31. The van der Waals surface area contributed by atoms with Gasteiger partial charge in [-0.3, -0.25) is 4.79 Å². The van der Waals surface area contributed by atoms with Crippen molar-refractivity contribution in [3.05, 3.63) is 16.3 Å². The van der Waals surface area contributed by atoms with Gasteiger partial charge in [-0.05, 0) is 24.9 Å². The predicted molar refractivity (Wildman–Crippen MR) is 64.6 cm³/mol. The van der Waals surface area contributed by atoms with Crippen molar-refractivity contribution in [1.29, 1.82) is 0 Å². The number of thiophene rings is 1. The molecule has 1 aliphatic rings.